The Kier molecular flexibility index (Phi) is 8.62. The first-order valence-corrected chi connectivity index (χ1v) is 8.43. The Bertz CT molecular complexity index is 459. The molecule has 0 saturated heterocycles. The number of esters is 1. The maximum absolute atomic E-state index is 12.1. The van der Waals surface area contributed by atoms with Gasteiger partial charge in [0.25, 0.3) is 0 Å². The third-order valence-electron chi connectivity index (χ3n) is 3.06. The van der Waals surface area contributed by atoms with Crippen LogP contribution in [0.25, 0.3) is 0 Å². The smallest absolute Gasteiger partial charge is 0.305 e. The van der Waals surface area contributed by atoms with Crippen LogP contribution >= 0.6 is 27.5 Å². The normalized spacial score (nSPS) is 12.0. The molecule has 5 heteroatoms. The summed E-state index contributed by atoms with van der Waals surface area (Å²) in [7, 11) is 0. The lowest BCUT2D eigenvalue weighted by molar-refractivity contribution is -0.143. The van der Waals surface area contributed by atoms with E-state index in [-0.39, 0.29) is 16.6 Å². The summed E-state index contributed by atoms with van der Waals surface area (Å²) in [5.41, 5.74) is 0.660. The average Bonchev–Trinajstić information content (AvgIpc) is 2.47. The van der Waals surface area contributed by atoms with Crippen LogP contribution in [0.3, 0.4) is 0 Å². The third kappa shape index (κ3) is 7.09. The SMILES string of the molecule is CCOC(=O)CCCCCC(Br)C(=O)c1ccc(Cl)cc1. The molecule has 0 saturated carbocycles. The Balaban J connectivity index is 2.24. The molecule has 0 aliphatic carbocycles. The van der Waals surface area contributed by atoms with Crippen molar-refractivity contribution in [3.05, 3.63) is 34.9 Å². The van der Waals surface area contributed by atoms with Crippen LogP contribution in [0.15, 0.2) is 24.3 Å². The second kappa shape index (κ2) is 9.96. The Morgan fingerprint density at radius 3 is 2.48 bits per heavy atom. The van der Waals surface area contributed by atoms with Gasteiger partial charge in [-0.1, -0.05) is 40.4 Å². The lowest BCUT2D eigenvalue weighted by Crippen LogP contribution is -2.14. The number of unbranched alkanes of at least 4 members (excludes halogenated alkanes) is 2. The van der Waals surface area contributed by atoms with Crippen LogP contribution in [-0.4, -0.2) is 23.2 Å². The van der Waals surface area contributed by atoms with Crippen LogP contribution in [-0.2, 0) is 9.53 Å². The summed E-state index contributed by atoms with van der Waals surface area (Å²) in [5, 5.41) is 0.622. The predicted octanol–water partition coefficient (Wildman–Crippen LogP) is 4.80. The molecule has 1 aromatic rings. The third-order valence-corrected chi connectivity index (χ3v) is 4.18. The van der Waals surface area contributed by atoms with E-state index < -0.39 is 0 Å². The highest BCUT2D eigenvalue weighted by Gasteiger charge is 2.16. The van der Waals surface area contributed by atoms with E-state index in [1.54, 1.807) is 31.2 Å². The maximum atomic E-state index is 12.1. The number of benzene rings is 1. The van der Waals surface area contributed by atoms with E-state index >= 15 is 0 Å². The minimum atomic E-state index is -0.193. The first-order chi connectivity index (χ1) is 10.0. The average molecular weight is 376 g/mol. The summed E-state index contributed by atoms with van der Waals surface area (Å²) >= 11 is 9.23. The molecule has 0 amide bonds. The van der Waals surface area contributed by atoms with Crippen LogP contribution in [0.1, 0.15) is 49.4 Å². The van der Waals surface area contributed by atoms with Crippen molar-refractivity contribution in [2.24, 2.45) is 0 Å². The van der Waals surface area contributed by atoms with Crippen molar-refractivity contribution in [2.45, 2.75) is 43.9 Å². The number of ketones is 1. The molecule has 0 bridgehead atoms. The molecule has 1 unspecified atom stereocenters. The van der Waals surface area contributed by atoms with Crippen molar-refractivity contribution in [1.29, 1.82) is 0 Å². The van der Waals surface area contributed by atoms with Gasteiger partial charge >= 0.3 is 5.97 Å². The number of hydrogen-bond acceptors (Lipinski definition) is 3. The molecule has 0 aliphatic rings. The van der Waals surface area contributed by atoms with Gasteiger partial charge in [-0.3, -0.25) is 9.59 Å². The molecular formula is C16H20BrClO3. The van der Waals surface area contributed by atoms with Crippen LogP contribution in [0.4, 0.5) is 0 Å². The van der Waals surface area contributed by atoms with E-state index in [1.807, 2.05) is 0 Å². The van der Waals surface area contributed by atoms with Crippen LogP contribution in [0.2, 0.25) is 5.02 Å². The first-order valence-electron chi connectivity index (χ1n) is 7.14. The summed E-state index contributed by atoms with van der Waals surface area (Å²) in [4.78, 5) is 23.1. The van der Waals surface area contributed by atoms with Crippen molar-refractivity contribution < 1.29 is 14.3 Å². The number of alkyl halides is 1. The second-order valence-electron chi connectivity index (χ2n) is 4.74. The zero-order chi connectivity index (χ0) is 15.7. The Hall–Kier alpha value is -0.870. The molecule has 21 heavy (non-hydrogen) atoms. The number of Topliss-reactive ketones (excluding diaryl/α,β-unsaturated/α-hetero) is 1. The van der Waals surface area contributed by atoms with Crippen LogP contribution in [0.5, 0.6) is 0 Å². The van der Waals surface area contributed by atoms with Gasteiger partial charge in [0.15, 0.2) is 5.78 Å². The van der Waals surface area contributed by atoms with Gasteiger partial charge in [-0.15, -0.1) is 0 Å². The molecule has 1 rings (SSSR count). The molecule has 3 nitrogen and oxygen atoms in total. The first kappa shape index (κ1) is 18.2. The number of ether oxygens (including phenoxy) is 1. The minimum absolute atomic E-state index is 0.0667. The highest BCUT2D eigenvalue weighted by atomic mass is 79.9. The van der Waals surface area contributed by atoms with Gasteiger partial charge in [-0.2, -0.15) is 0 Å². The molecular weight excluding hydrogens is 356 g/mol. The van der Waals surface area contributed by atoms with E-state index in [0.717, 1.165) is 25.7 Å². The fourth-order valence-electron chi connectivity index (χ4n) is 1.93. The zero-order valence-corrected chi connectivity index (χ0v) is 14.5. The molecule has 0 fully saturated rings. The van der Waals surface area contributed by atoms with Crippen molar-refractivity contribution >= 4 is 39.3 Å². The molecule has 0 N–H and O–H groups in total. The van der Waals surface area contributed by atoms with Gasteiger partial charge in [0.1, 0.15) is 0 Å². The van der Waals surface area contributed by atoms with E-state index in [9.17, 15) is 9.59 Å². The van der Waals surface area contributed by atoms with Crippen molar-refractivity contribution in [1.82, 2.24) is 0 Å². The van der Waals surface area contributed by atoms with Crippen molar-refractivity contribution in [2.75, 3.05) is 6.61 Å². The Morgan fingerprint density at radius 2 is 1.86 bits per heavy atom. The lowest BCUT2D eigenvalue weighted by atomic mass is 10.0. The fourth-order valence-corrected chi connectivity index (χ4v) is 2.64. The second-order valence-corrected chi connectivity index (χ2v) is 6.28. The zero-order valence-electron chi connectivity index (χ0n) is 12.1. The summed E-state index contributed by atoms with van der Waals surface area (Å²) in [6, 6.07) is 6.90. The lowest BCUT2D eigenvalue weighted by Gasteiger charge is -2.09. The predicted molar refractivity (Wildman–Crippen MR) is 88.2 cm³/mol. The standard InChI is InChI=1S/C16H20BrClO3/c1-2-21-15(19)7-5-3-4-6-14(17)16(20)12-8-10-13(18)11-9-12/h8-11,14H,2-7H2,1H3. The minimum Gasteiger partial charge on any atom is -0.466 e. The van der Waals surface area contributed by atoms with Gasteiger partial charge in [0.2, 0.25) is 0 Å². The van der Waals surface area contributed by atoms with Crippen LogP contribution in [0, 0.1) is 0 Å². The molecule has 1 aromatic carbocycles. The number of carbonyl (C=O) groups is 2. The van der Waals surface area contributed by atoms with Gasteiger partial charge < -0.3 is 4.74 Å². The number of carbonyl (C=O) groups excluding carboxylic acids is 2. The van der Waals surface area contributed by atoms with Gasteiger partial charge in [-0.05, 0) is 44.0 Å². The summed E-state index contributed by atoms with van der Waals surface area (Å²) in [6.07, 6.45) is 3.81. The highest BCUT2D eigenvalue weighted by Crippen LogP contribution is 2.19. The van der Waals surface area contributed by atoms with Gasteiger partial charge in [-0.25, -0.2) is 0 Å². The van der Waals surface area contributed by atoms with Crippen molar-refractivity contribution in [3.63, 3.8) is 0 Å². The van der Waals surface area contributed by atoms with Crippen molar-refractivity contribution in [3.8, 4) is 0 Å². The quantitative estimate of drug-likeness (QED) is 0.269. The number of hydrogen-bond donors (Lipinski definition) is 0. The van der Waals surface area contributed by atoms with E-state index in [4.69, 9.17) is 16.3 Å². The summed E-state index contributed by atoms with van der Waals surface area (Å²) < 4.78 is 4.86. The van der Waals surface area contributed by atoms with E-state index in [2.05, 4.69) is 15.9 Å². The molecule has 0 radical (unpaired) electrons. The maximum Gasteiger partial charge on any atom is 0.305 e. The molecule has 0 heterocycles. The topological polar surface area (TPSA) is 43.4 Å². The Labute approximate surface area is 139 Å². The van der Waals surface area contributed by atoms with Crippen LogP contribution < -0.4 is 0 Å². The molecule has 0 aromatic heterocycles. The number of halogens is 2. The summed E-state index contributed by atoms with van der Waals surface area (Å²) in [5.74, 6) is -0.0813. The van der Waals surface area contributed by atoms with Gasteiger partial charge in [0, 0.05) is 17.0 Å². The molecule has 0 aliphatic heterocycles. The fraction of sp³-hybridized carbons (Fsp3) is 0.500. The molecule has 116 valence electrons. The van der Waals surface area contributed by atoms with E-state index in [0.29, 0.717) is 23.6 Å². The van der Waals surface area contributed by atoms with Gasteiger partial charge in [0.05, 0.1) is 11.4 Å². The Morgan fingerprint density at radius 1 is 1.19 bits per heavy atom. The number of rotatable bonds is 9. The summed E-state index contributed by atoms with van der Waals surface area (Å²) in [6.45, 7) is 2.23. The largest absolute Gasteiger partial charge is 0.466 e. The monoisotopic (exact) mass is 374 g/mol. The molecule has 1 atom stereocenters. The van der Waals surface area contributed by atoms with E-state index in [1.165, 1.54) is 0 Å². The molecule has 0 spiro atoms. The highest BCUT2D eigenvalue weighted by molar-refractivity contribution is 9.10.